The molecule has 0 saturated heterocycles. The SMILES string of the molecule is NC(=O)CCSC1=C(SCCC(N)=O)SCS1. The molecule has 1 rings (SSSR count). The molecule has 0 saturated carbocycles. The molecule has 2 amide bonds. The van der Waals surface area contributed by atoms with E-state index in [0.717, 1.165) is 16.6 Å². The fourth-order valence-electron chi connectivity index (χ4n) is 0.944. The molecule has 0 spiro atoms. The Bertz CT molecular complexity index is 303. The van der Waals surface area contributed by atoms with Crippen LogP contribution in [0.5, 0.6) is 0 Å². The summed E-state index contributed by atoms with van der Waals surface area (Å²) in [6.07, 6.45) is 0.803. The third-order valence-electron chi connectivity index (χ3n) is 1.71. The molecule has 0 radical (unpaired) electrons. The fraction of sp³-hybridized carbons (Fsp3) is 0.556. The molecule has 0 atom stereocenters. The van der Waals surface area contributed by atoms with Crippen LogP contribution in [0.4, 0.5) is 0 Å². The molecule has 17 heavy (non-hydrogen) atoms. The van der Waals surface area contributed by atoms with Crippen molar-refractivity contribution in [3.63, 3.8) is 0 Å². The number of primary amides is 2. The van der Waals surface area contributed by atoms with Crippen molar-refractivity contribution in [3.05, 3.63) is 8.47 Å². The standard InChI is InChI=1S/C9H14N2O2S4/c10-6(12)1-3-14-8-9(17-5-16-8)15-4-2-7(11)13/h1-5H2,(H2,10,12)(H2,11,13). The lowest BCUT2D eigenvalue weighted by Gasteiger charge is -2.03. The Kier molecular flexibility index (Phi) is 7.33. The highest BCUT2D eigenvalue weighted by molar-refractivity contribution is 8.36. The van der Waals surface area contributed by atoms with E-state index in [0.29, 0.717) is 12.8 Å². The predicted octanol–water partition coefficient (Wildman–Crippen LogP) is 1.77. The van der Waals surface area contributed by atoms with Crippen LogP contribution in [0.2, 0.25) is 0 Å². The smallest absolute Gasteiger partial charge is 0.218 e. The molecule has 4 nitrogen and oxygen atoms in total. The van der Waals surface area contributed by atoms with Gasteiger partial charge in [0, 0.05) is 29.4 Å². The van der Waals surface area contributed by atoms with Crippen LogP contribution < -0.4 is 11.5 Å². The second-order valence-corrected chi connectivity index (χ2v) is 8.17. The van der Waals surface area contributed by atoms with Crippen LogP contribution in [0.1, 0.15) is 12.8 Å². The van der Waals surface area contributed by atoms with Gasteiger partial charge in [0.25, 0.3) is 0 Å². The van der Waals surface area contributed by atoms with Crippen LogP contribution >= 0.6 is 47.0 Å². The third kappa shape index (κ3) is 6.54. The average molecular weight is 310 g/mol. The van der Waals surface area contributed by atoms with E-state index in [1.54, 1.807) is 47.0 Å². The lowest BCUT2D eigenvalue weighted by molar-refractivity contribution is -0.118. The van der Waals surface area contributed by atoms with Gasteiger partial charge in [-0.1, -0.05) is 0 Å². The Labute approximate surface area is 117 Å². The number of nitrogens with two attached hydrogens (primary N) is 2. The Morgan fingerprint density at radius 2 is 1.41 bits per heavy atom. The maximum absolute atomic E-state index is 10.6. The lowest BCUT2D eigenvalue weighted by atomic mass is 10.5. The summed E-state index contributed by atoms with van der Waals surface area (Å²) in [6, 6.07) is 0. The van der Waals surface area contributed by atoms with Crippen LogP contribution in [0.3, 0.4) is 0 Å². The van der Waals surface area contributed by atoms with E-state index in [4.69, 9.17) is 11.5 Å². The molecule has 0 aliphatic carbocycles. The summed E-state index contributed by atoms with van der Waals surface area (Å²) in [5, 5.41) is 0.998. The Balaban J connectivity index is 2.32. The molecule has 1 aliphatic rings. The van der Waals surface area contributed by atoms with Crippen LogP contribution in [0.15, 0.2) is 8.47 Å². The first-order chi connectivity index (χ1) is 8.09. The zero-order chi connectivity index (χ0) is 12.7. The summed E-state index contributed by atoms with van der Waals surface area (Å²) < 4.78 is 2.48. The first kappa shape index (κ1) is 15.1. The minimum atomic E-state index is -0.267. The zero-order valence-electron chi connectivity index (χ0n) is 9.14. The molecular formula is C9H14N2O2S4. The van der Waals surface area contributed by atoms with Crippen molar-refractivity contribution >= 4 is 58.9 Å². The molecule has 1 aliphatic heterocycles. The van der Waals surface area contributed by atoms with Gasteiger partial charge < -0.3 is 11.5 Å². The van der Waals surface area contributed by atoms with E-state index in [1.807, 2.05) is 0 Å². The molecule has 0 unspecified atom stereocenters. The highest BCUT2D eigenvalue weighted by Crippen LogP contribution is 2.50. The van der Waals surface area contributed by atoms with Gasteiger partial charge in [-0.05, 0) is 0 Å². The van der Waals surface area contributed by atoms with Gasteiger partial charge in [-0.2, -0.15) is 0 Å². The lowest BCUT2D eigenvalue weighted by Crippen LogP contribution is -2.11. The molecule has 0 aromatic rings. The van der Waals surface area contributed by atoms with Gasteiger partial charge in [0.1, 0.15) is 0 Å². The van der Waals surface area contributed by atoms with Crippen molar-refractivity contribution in [1.29, 1.82) is 0 Å². The van der Waals surface area contributed by atoms with E-state index < -0.39 is 0 Å². The molecular weight excluding hydrogens is 296 g/mol. The van der Waals surface area contributed by atoms with Crippen molar-refractivity contribution in [1.82, 2.24) is 0 Å². The first-order valence-corrected chi connectivity index (χ1v) is 8.86. The number of hydrogen-bond donors (Lipinski definition) is 2. The van der Waals surface area contributed by atoms with Gasteiger partial charge in [0.05, 0.1) is 8.47 Å². The Morgan fingerprint density at radius 1 is 1.00 bits per heavy atom. The van der Waals surface area contributed by atoms with Gasteiger partial charge in [-0.3, -0.25) is 9.59 Å². The van der Waals surface area contributed by atoms with Crippen LogP contribution in [0, 0.1) is 0 Å². The minimum absolute atomic E-state index is 0.267. The number of hydrogen-bond acceptors (Lipinski definition) is 6. The van der Waals surface area contributed by atoms with Gasteiger partial charge in [0.2, 0.25) is 11.8 Å². The van der Waals surface area contributed by atoms with Gasteiger partial charge in [-0.15, -0.1) is 47.0 Å². The topological polar surface area (TPSA) is 86.2 Å². The number of amides is 2. The minimum Gasteiger partial charge on any atom is -0.370 e. The maximum atomic E-state index is 10.6. The first-order valence-electron chi connectivity index (χ1n) is 4.91. The number of carbonyl (C=O) groups excluding carboxylic acids is 2. The molecule has 0 fully saturated rings. The summed E-state index contributed by atoms with van der Waals surface area (Å²) in [5.74, 6) is 0.907. The van der Waals surface area contributed by atoms with E-state index in [9.17, 15) is 9.59 Å². The van der Waals surface area contributed by atoms with Crippen molar-refractivity contribution in [2.45, 2.75) is 12.8 Å². The number of thioether (sulfide) groups is 4. The summed E-state index contributed by atoms with van der Waals surface area (Å²) in [6.45, 7) is 0. The Morgan fingerprint density at radius 3 is 1.76 bits per heavy atom. The summed E-state index contributed by atoms with van der Waals surface area (Å²) in [7, 11) is 0. The highest BCUT2D eigenvalue weighted by Gasteiger charge is 2.17. The van der Waals surface area contributed by atoms with Crippen molar-refractivity contribution in [3.8, 4) is 0 Å². The quantitative estimate of drug-likeness (QED) is 0.710. The van der Waals surface area contributed by atoms with Gasteiger partial charge >= 0.3 is 0 Å². The zero-order valence-corrected chi connectivity index (χ0v) is 12.4. The van der Waals surface area contributed by atoms with Crippen molar-refractivity contribution < 1.29 is 9.59 Å². The fourth-order valence-corrected chi connectivity index (χ4v) is 6.93. The van der Waals surface area contributed by atoms with Crippen molar-refractivity contribution in [2.24, 2.45) is 11.5 Å². The van der Waals surface area contributed by atoms with Crippen LogP contribution in [-0.2, 0) is 9.59 Å². The van der Waals surface area contributed by atoms with E-state index in [2.05, 4.69) is 0 Å². The molecule has 96 valence electrons. The summed E-state index contributed by atoms with van der Waals surface area (Å²) in [4.78, 5) is 21.3. The van der Waals surface area contributed by atoms with E-state index in [-0.39, 0.29) is 11.8 Å². The predicted molar refractivity (Wildman–Crippen MR) is 79.6 cm³/mol. The van der Waals surface area contributed by atoms with Gasteiger partial charge in [0.15, 0.2) is 0 Å². The van der Waals surface area contributed by atoms with Crippen LogP contribution in [0.25, 0.3) is 0 Å². The highest BCUT2D eigenvalue weighted by atomic mass is 32.3. The van der Waals surface area contributed by atoms with E-state index >= 15 is 0 Å². The summed E-state index contributed by atoms with van der Waals surface area (Å²) in [5.41, 5.74) is 10.2. The monoisotopic (exact) mass is 310 g/mol. The maximum Gasteiger partial charge on any atom is 0.218 e. The van der Waals surface area contributed by atoms with Gasteiger partial charge in [-0.25, -0.2) is 0 Å². The second-order valence-electron chi connectivity index (χ2n) is 3.11. The molecule has 1 heterocycles. The molecule has 8 heteroatoms. The largest absolute Gasteiger partial charge is 0.370 e. The average Bonchev–Trinajstić information content (AvgIpc) is 2.65. The molecule has 0 aromatic carbocycles. The van der Waals surface area contributed by atoms with E-state index in [1.165, 1.54) is 8.47 Å². The molecule has 0 bridgehead atoms. The van der Waals surface area contributed by atoms with Crippen molar-refractivity contribution in [2.75, 3.05) is 16.6 Å². The number of carbonyl (C=O) groups is 2. The second kappa shape index (κ2) is 8.23. The third-order valence-corrected chi connectivity index (χ3v) is 7.27. The normalized spacial score (nSPS) is 15.3. The summed E-state index contributed by atoms with van der Waals surface area (Å²) >= 11 is 6.88. The van der Waals surface area contributed by atoms with Crippen LogP contribution in [-0.4, -0.2) is 28.4 Å². The number of rotatable bonds is 8. The molecule has 4 N–H and O–H groups in total. The molecule has 0 aromatic heterocycles. The Hall–Kier alpha value is 0.0800.